The van der Waals surface area contributed by atoms with Crippen molar-refractivity contribution in [2.75, 3.05) is 19.5 Å². The van der Waals surface area contributed by atoms with Crippen molar-refractivity contribution < 1.29 is 23.8 Å². The number of benzene rings is 1. The molecule has 1 N–H and O–H groups in total. The van der Waals surface area contributed by atoms with Crippen LogP contribution in [-0.2, 0) is 22.6 Å². The first-order valence-corrected chi connectivity index (χ1v) is 12.1. The molecule has 1 aliphatic rings. The number of carbonyl (C=O) groups excluding carboxylic acids is 2. The highest BCUT2D eigenvalue weighted by Crippen LogP contribution is 2.42. The summed E-state index contributed by atoms with van der Waals surface area (Å²) in [5.74, 6) is 0.699. The average molecular weight is 494 g/mol. The first-order chi connectivity index (χ1) is 16.9. The number of allylic oxidation sites excluding steroid dienone is 2. The minimum atomic E-state index is -0.379. The third-order valence-electron chi connectivity index (χ3n) is 5.96. The first kappa shape index (κ1) is 24.4. The third kappa shape index (κ3) is 5.19. The van der Waals surface area contributed by atoms with Crippen molar-refractivity contribution in [1.29, 1.82) is 0 Å². The Hall–Kier alpha value is -3.72. The summed E-state index contributed by atoms with van der Waals surface area (Å²) in [5.41, 5.74) is 5.75. The summed E-state index contributed by atoms with van der Waals surface area (Å²) in [4.78, 5) is 33.3. The number of esters is 1. The highest BCUT2D eigenvalue weighted by molar-refractivity contribution is 7.14. The third-order valence-corrected chi connectivity index (χ3v) is 6.72. The van der Waals surface area contributed by atoms with Crippen LogP contribution in [0.2, 0.25) is 0 Å². The van der Waals surface area contributed by atoms with Gasteiger partial charge in [0.15, 0.2) is 5.13 Å². The summed E-state index contributed by atoms with van der Waals surface area (Å²) in [6, 6.07) is 3.76. The van der Waals surface area contributed by atoms with E-state index in [0.29, 0.717) is 41.5 Å². The molecule has 0 radical (unpaired) electrons. The van der Waals surface area contributed by atoms with E-state index in [1.807, 2.05) is 37.4 Å². The molecule has 8 nitrogen and oxygen atoms in total. The molecule has 0 atom stereocenters. The minimum absolute atomic E-state index is 0.0975. The number of thiazole rings is 1. The highest BCUT2D eigenvalue weighted by atomic mass is 32.1. The second-order valence-corrected chi connectivity index (χ2v) is 9.03. The van der Waals surface area contributed by atoms with Crippen LogP contribution in [0.25, 0.3) is 11.3 Å². The maximum absolute atomic E-state index is 12.5. The maximum Gasteiger partial charge on any atom is 0.342 e. The number of amides is 1. The molecule has 3 aromatic rings. The lowest BCUT2D eigenvalue weighted by Gasteiger charge is -2.18. The van der Waals surface area contributed by atoms with Gasteiger partial charge in [-0.3, -0.25) is 9.78 Å². The molecule has 182 valence electrons. The zero-order valence-corrected chi connectivity index (χ0v) is 21.0. The molecule has 0 bridgehead atoms. The first-order valence-electron chi connectivity index (χ1n) is 11.2. The number of cyclic esters (lactones) is 1. The summed E-state index contributed by atoms with van der Waals surface area (Å²) >= 11 is 1.39. The fraction of sp³-hybridized carbons (Fsp3) is 0.308. The number of nitrogens with zero attached hydrogens (tertiary/aromatic N) is 2. The van der Waals surface area contributed by atoms with Gasteiger partial charge in [-0.05, 0) is 44.4 Å². The number of methoxy groups -OCH3 is 2. The van der Waals surface area contributed by atoms with Crippen LogP contribution in [0.3, 0.4) is 0 Å². The Kier molecular flexibility index (Phi) is 7.45. The Morgan fingerprint density at radius 1 is 1.20 bits per heavy atom. The zero-order valence-electron chi connectivity index (χ0n) is 20.1. The quantitative estimate of drug-likeness (QED) is 0.327. The number of hydrogen-bond donors (Lipinski definition) is 1. The molecular formula is C26H27N3O5S. The van der Waals surface area contributed by atoms with Crippen LogP contribution >= 0.6 is 11.3 Å². The normalized spacial score (nSPS) is 12.8. The number of anilines is 1. The van der Waals surface area contributed by atoms with Gasteiger partial charge in [0, 0.05) is 40.9 Å². The fourth-order valence-corrected chi connectivity index (χ4v) is 4.83. The van der Waals surface area contributed by atoms with Crippen molar-refractivity contribution in [2.45, 2.75) is 39.7 Å². The lowest BCUT2D eigenvalue weighted by Crippen LogP contribution is -2.11. The van der Waals surface area contributed by atoms with Gasteiger partial charge in [0.2, 0.25) is 5.91 Å². The molecule has 3 heterocycles. The molecular weight excluding hydrogens is 466 g/mol. The lowest BCUT2D eigenvalue weighted by atomic mass is 9.94. The van der Waals surface area contributed by atoms with E-state index in [1.54, 1.807) is 26.6 Å². The molecule has 0 saturated heterocycles. The molecule has 0 spiro atoms. The van der Waals surface area contributed by atoms with E-state index in [-0.39, 0.29) is 18.5 Å². The molecule has 1 aliphatic heterocycles. The summed E-state index contributed by atoms with van der Waals surface area (Å²) in [6.45, 7) is 4.12. The van der Waals surface area contributed by atoms with Gasteiger partial charge in [-0.2, -0.15) is 0 Å². The highest BCUT2D eigenvalue weighted by Gasteiger charge is 2.32. The number of carbonyl (C=O) groups is 2. The number of hydrogen-bond acceptors (Lipinski definition) is 8. The molecule has 2 aromatic heterocycles. The number of pyridine rings is 1. The molecule has 0 aliphatic carbocycles. The fourth-order valence-electron chi connectivity index (χ4n) is 4.09. The van der Waals surface area contributed by atoms with E-state index in [2.05, 4.69) is 15.3 Å². The smallest absolute Gasteiger partial charge is 0.342 e. The molecule has 4 rings (SSSR count). The molecule has 0 saturated carbocycles. The monoisotopic (exact) mass is 493 g/mol. The molecule has 0 fully saturated rings. The molecule has 1 amide bonds. The van der Waals surface area contributed by atoms with Crippen molar-refractivity contribution in [1.82, 2.24) is 9.97 Å². The van der Waals surface area contributed by atoms with Gasteiger partial charge in [-0.1, -0.05) is 11.6 Å². The van der Waals surface area contributed by atoms with Crippen LogP contribution < -0.4 is 14.8 Å². The predicted molar refractivity (Wildman–Crippen MR) is 134 cm³/mol. The van der Waals surface area contributed by atoms with Gasteiger partial charge in [-0.25, -0.2) is 9.78 Å². The van der Waals surface area contributed by atoms with Gasteiger partial charge < -0.3 is 19.5 Å². The number of fused-ring (bicyclic) bond motifs is 1. The molecule has 1 aromatic carbocycles. The molecule has 35 heavy (non-hydrogen) atoms. The maximum atomic E-state index is 12.5. The van der Waals surface area contributed by atoms with E-state index in [0.717, 1.165) is 33.5 Å². The van der Waals surface area contributed by atoms with Crippen LogP contribution in [0, 0.1) is 6.92 Å². The molecule has 9 heteroatoms. The van der Waals surface area contributed by atoms with Crippen LogP contribution in [0.1, 0.15) is 46.8 Å². The van der Waals surface area contributed by atoms with Crippen molar-refractivity contribution in [3.05, 3.63) is 63.8 Å². The topological polar surface area (TPSA) is 99.6 Å². The summed E-state index contributed by atoms with van der Waals surface area (Å²) in [5, 5.41) is 5.35. The summed E-state index contributed by atoms with van der Waals surface area (Å²) in [6.07, 6.45) is 6.88. The average Bonchev–Trinajstić information content (AvgIpc) is 3.49. The summed E-state index contributed by atoms with van der Waals surface area (Å²) in [7, 11) is 3.15. The number of aromatic nitrogens is 2. The van der Waals surface area contributed by atoms with Gasteiger partial charge in [0.1, 0.15) is 23.7 Å². The molecule has 0 unspecified atom stereocenters. The van der Waals surface area contributed by atoms with Crippen molar-refractivity contribution in [3.8, 4) is 22.8 Å². The SMILES string of the molecule is COc1c(C)c2c(c(OC)c1C/C=C(\C)CCC(=O)Nc1nc(-c3ccncc3)cs1)C(=O)OC2. The van der Waals surface area contributed by atoms with Crippen LogP contribution in [-0.4, -0.2) is 36.1 Å². The Bertz CT molecular complexity index is 1280. The second-order valence-electron chi connectivity index (χ2n) is 8.18. The van der Waals surface area contributed by atoms with Crippen LogP contribution in [0.15, 0.2) is 41.6 Å². The second kappa shape index (κ2) is 10.7. The van der Waals surface area contributed by atoms with Crippen LogP contribution in [0.4, 0.5) is 5.13 Å². The Morgan fingerprint density at radius 3 is 2.66 bits per heavy atom. The largest absolute Gasteiger partial charge is 0.496 e. The van der Waals surface area contributed by atoms with Gasteiger partial charge in [0.25, 0.3) is 0 Å². The Balaban J connectivity index is 1.40. The predicted octanol–water partition coefficient (Wildman–Crippen LogP) is 5.11. The number of nitrogens with one attached hydrogen (secondary N) is 1. The summed E-state index contributed by atoms with van der Waals surface area (Å²) < 4.78 is 16.5. The van der Waals surface area contributed by atoms with E-state index in [9.17, 15) is 9.59 Å². The van der Waals surface area contributed by atoms with E-state index in [1.165, 1.54) is 11.3 Å². The Labute approximate surface area is 208 Å². The Morgan fingerprint density at radius 2 is 1.94 bits per heavy atom. The zero-order chi connectivity index (χ0) is 24.9. The van der Waals surface area contributed by atoms with Crippen LogP contribution in [0.5, 0.6) is 11.5 Å². The van der Waals surface area contributed by atoms with E-state index >= 15 is 0 Å². The standard InChI is InChI=1S/C26H27N3O5S/c1-15(6-8-21(30)29-26-28-20(14-35-26)17-9-11-27-12-10-17)5-7-18-23(32-3)16(2)19-13-34-25(31)22(19)24(18)33-4/h5,9-12,14H,6-8,13H2,1-4H3,(H,28,29,30)/b15-5+. The van der Waals surface area contributed by atoms with E-state index in [4.69, 9.17) is 14.2 Å². The van der Waals surface area contributed by atoms with Crippen molar-refractivity contribution >= 4 is 28.3 Å². The minimum Gasteiger partial charge on any atom is -0.496 e. The number of ether oxygens (including phenoxy) is 3. The van der Waals surface area contributed by atoms with Gasteiger partial charge in [-0.15, -0.1) is 11.3 Å². The lowest BCUT2D eigenvalue weighted by molar-refractivity contribution is -0.116. The number of rotatable bonds is 9. The van der Waals surface area contributed by atoms with Crippen molar-refractivity contribution in [3.63, 3.8) is 0 Å². The van der Waals surface area contributed by atoms with E-state index < -0.39 is 0 Å². The van der Waals surface area contributed by atoms with Gasteiger partial charge in [0.05, 0.1) is 19.9 Å². The van der Waals surface area contributed by atoms with Gasteiger partial charge >= 0.3 is 5.97 Å². The van der Waals surface area contributed by atoms with Crippen molar-refractivity contribution in [2.24, 2.45) is 0 Å².